The Balaban J connectivity index is 0.000000444. The maximum Gasteiger partial charge on any atom is 0.115 e. The number of hydrogen-bond acceptors (Lipinski definition) is 3. The fourth-order valence-corrected chi connectivity index (χ4v) is 2.83. The summed E-state index contributed by atoms with van der Waals surface area (Å²) in [7, 11) is 2.70. The number of rotatable bonds is 2. The molecule has 1 aliphatic heterocycles. The Kier molecular flexibility index (Phi) is 7.50. The zero-order valence-corrected chi connectivity index (χ0v) is 13.9. The molecule has 2 rings (SSSR count). The highest BCUT2D eigenvalue weighted by Gasteiger charge is 2.28. The van der Waals surface area contributed by atoms with Gasteiger partial charge in [0.2, 0.25) is 0 Å². The molecule has 114 valence electrons. The summed E-state index contributed by atoms with van der Waals surface area (Å²) in [6.07, 6.45) is 1.06. The smallest absolute Gasteiger partial charge is 0.115 e. The number of aliphatic hydroxyl groups excluding tert-OH is 1. The van der Waals surface area contributed by atoms with E-state index in [4.69, 9.17) is 0 Å². The predicted molar refractivity (Wildman–Crippen MR) is 87.8 cm³/mol. The molecule has 2 unspecified atom stereocenters. The van der Waals surface area contributed by atoms with Gasteiger partial charge in [0.05, 0.1) is 0 Å². The molecule has 1 aromatic carbocycles. The molecule has 0 spiro atoms. The van der Waals surface area contributed by atoms with E-state index in [0.29, 0.717) is 11.7 Å². The van der Waals surface area contributed by atoms with E-state index in [1.807, 2.05) is 12.1 Å². The van der Waals surface area contributed by atoms with Gasteiger partial charge in [-0.2, -0.15) is 0 Å². The van der Waals surface area contributed by atoms with Gasteiger partial charge in [-0.15, -0.1) is 0 Å². The van der Waals surface area contributed by atoms with Crippen LogP contribution in [0.15, 0.2) is 24.3 Å². The molecule has 1 saturated heterocycles. The predicted octanol–water partition coefficient (Wildman–Crippen LogP) is 3.24. The first kappa shape index (κ1) is 17.4. The third-order valence-corrected chi connectivity index (χ3v) is 3.79. The summed E-state index contributed by atoms with van der Waals surface area (Å²) in [6.45, 7) is 8.66. The van der Waals surface area contributed by atoms with Crippen LogP contribution in [0.5, 0.6) is 5.75 Å². The van der Waals surface area contributed by atoms with Crippen LogP contribution in [0.1, 0.15) is 38.7 Å². The van der Waals surface area contributed by atoms with Crippen LogP contribution in [0, 0.1) is 11.8 Å². The van der Waals surface area contributed by atoms with Crippen molar-refractivity contribution in [2.24, 2.45) is 11.8 Å². The molecule has 0 aliphatic carbocycles. The van der Waals surface area contributed by atoms with E-state index in [9.17, 15) is 10.2 Å². The summed E-state index contributed by atoms with van der Waals surface area (Å²) in [6, 6.07) is 7.36. The number of phenols is 1. The lowest BCUT2D eigenvalue weighted by molar-refractivity contribution is 0.149. The van der Waals surface area contributed by atoms with Crippen LogP contribution >= 0.6 is 9.39 Å². The minimum absolute atomic E-state index is 0.219. The number of aliphatic hydroxyl groups is 1. The average molecular weight is 297 g/mol. The summed E-state index contributed by atoms with van der Waals surface area (Å²) in [5, 5.41) is 18.7. The van der Waals surface area contributed by atoms with E-state index in [2.05, 4.69) is 34.8 Å². The number of aromatic hydroxyl groups is 1. The SMILES string of the molecule is CC(C)C.OC[C@@H]1CN(P)CCC1c1ccc(O)cc1. The quantitative estimate of drug-likeness (QED) is 0.824. The number of benzene rings is 1. The Morgan fingerprint density at radius 2 is 1.80 bits per heavy atom. The second-order valence-electron chi connectivity index (χ2n) is 6.16. The monoisotopic (exact) mass is 297 g/mol. The van der Waals surface area contributed by atoms with Gasteiger partial charge in [0.15, 0.2) is 0 Å². The first-order chi connectivity index (χ1) is 9.43. The lowest BCUT2D eigenvalue weighted by Crippen LogP contribution is -2.35. The fourth-order valence-electron chi connectivity index (χ4n) is 2.41. The van der Waals surface area contributed by atoms with Crippen molar-refractivity contribution in [1.82, 2.24) is 4.67 Å². The molecule has 0 bridgehead atoms. The minimum atomic E-state index is 0.219. The lowest BCUT2D eigenvalue weighted by Gasteiger charge is -2.35. The molecule has 2 N–H and O–H groups in total. The van der Waals surface area contributed by atoms with Crippen molar-refractivity contribution in [2.75, 3.05) is 19.7 Å². The minimum Gasteiger partial charge on any atom is -0.508 e. The number of piperidine rings is 1. The van der Waals surface area contributed by atoms with Gasteiger partial charge in [0.25, 0.3) is 0 Å². The maximum absolute atomic E-state index is 9.41. The summed E-state index contributed by atoms with van der Waals surface area (Å²) in [5.41, 5.74) is 1.22. The summed E-state index contributed by atoms with van der Waals surface area (Å²) in [5.74, 6) is 1.82. The van der Waals surface area contributed by atoms with E-state index < -0.39 is 0 Å². The van der Waals surface area contributed by atoms with E-state index in [1.54, 1.807) is 12.1 Å². The highest BCUT2D eigenvalue weighted by molar-refractivity contribution is 7.13. The molecule has 1 aliphatic rings. The van der Waals surface area contributed by atoms with Crippen LogP contribution in [-0.2, 0) is 0 Å². The van der Waals surface area contributed by atoms with Gasteiger partial charge >= 0.3 is 0 Å². The molecule has 1 aromatic rings. The van der Waals surface area contributed by atoms with Crippen molar-refractivity contribution < 1.29 is 10.2 Å². The van der Waals surface area contributed by atoms with Crippen molar-refractivity contribution in [3.8, 4) is 5.75 Å². The van der Waals surface area contributed by atoms with Crippen LogP contribution < -0.4 is 0 Å². The summed E-state index contributed by atoms with van der Waals surface area (Å²) < 4.78 is 2.18. The number of phenolic OH excluding ortho intramolecular Hbond substituents is 1. The van der Waals surface area contributed by atoms with Crippen molar-refractivity contribution in [3.05, 3.63) is 29.8 Å². The number of hydrogen-bond donors (Lipinski definition) is 2. The lowest BCUT2D eigenvalue weighted by atomic mass is 9.81. The van der Waals surface area contributed by atoms with Crippen LogP contribution in [0.25, 0.3) is 0 Å². The van der Waals surface area contributed by atoms with Gasteiger partial charge in [-0.1, -0.05) is 42.3 Å². The Labute approximate surface area is 125 Å². The van der Waals surface area contributed by atoms with Gasteiger partial charge in [0.1, 0.15) is 5.75 Å². The van der Waals surface area contributed by atoms with Crippen LogP contribution in [0.3, 0.4) is 0 Å². The van der Waals surface area contributed by atoms with Gasteiger partial charge in [0, 0.05) is 25.6 Å². The van der Waals surface area contributed by atoms with Crippen LogP contribution in [-0.4, -0.2) is 34.6 Å². The highest BCUT2D eigenvalue weighted by Crippen LogP contribution is 2.34. The fraction of sp³-hybridized carbons (Fsp3) is 0.625. The van der Waals surface area contributed by atoms with Crippen LogP contribution in [0.4, 0.5) is 0 Å². The highest BCUT2D eigenvalue weighted by atomic mass is 31.0. The molecule has 20 heavy (non-hydrogen) atoms. The second-order valence-corrected chi connectivity index (χ2v) is 6.89. The molecule has 3 nitrogen and oxygen atoms in total. The van der Waals surface area contributed by atoms with Crippen molar-refractivity contribution in [3.63, 3.8) is 0 Å². The Bertz CT molecular complexity index is 378. The molecule has 0 aromatic heterocycles. The van der Waals surface area contributed by atoms with Crippen molar-refractivity contribution in [1.29, 1.82) is 0 Å². The van der Waals surface area contributed by atoms with Crippen molar-refractivity contribution >= 4 is 9.39 Å². The van der Waals surface area contributed by atoms with E-state index >= 15 is 0 Å². The first-order valence-corrected chi connectivity index (χ1v) is 7.85. The molecular formula is C16H28NO2P. The van der Waals surface area contributed by atoms with E-state index in [1.165, 1.54) is 5.56 Å². The third kappa shape index (κ3) is 5.78. The molecule has 0 saturated carbocycles. The molecule has 3 atom stereocenters. The van der Waals surface area contributed by atoms with Gasteiger partial charge in [-0.05, 0) is 36.0 Å². The largest absolute Gasteiger partial charge is 0.508 e. The summed E-state index contributed by atoms with van der Waals surface area (Å²) >= 11 is 0. The van der Waals surface area contributed by atoms with Gasteiger partial charge in [-0.25, -0.2) is 0 Å². The zero-order valence-electron chi connectivity index (χ0n) is 12.8. The standard InChI is InChI=1S/C12H18NO2P.C4H10/c14-8-10-7-13(16)6-5-12(10)9-1-3-11(15)4-2-9;1-4(2)3/h1-4,10,12,14-15H,5-8,16H2;4H,1-3H3/t10-,12?;/m0./s1. The molecule has 4 heteroatoms. The number of nitrogens with zero attached hydrogens (tertiary/aromatic N) is 1. The van der Waals surface area contributed by atoms with E-state index in [0.717, 1.165) is 25.4 Å². The maximum atomic E-state index is 9.41. The summed E-state index contributed by atoms with van der Waals surface area (Å²) in [4.78, 5) is 0. The normalized spacial score (nSPS) is 23.3. The topological polar surface area (TPSA) is 43.7 Å². The second kappa shape index (κ2) is 8.61. The third-order valence-electron chi connectivity index (χ3n) is 3.32. The van der Waals surface area contributed by atoms with Crippen molar-refractivity contribution in [2.45, 2.75) is 33.1 Å². The molecule has 0 amide bonds. The van der Waals surface area contributed by atoms with Crippen LogP contribution in [0.2, 0.25) is 0 Å². The molecule has 1 heterocycles. The van der Waals surface area contributed by atoms with Gasteiger partial charge in [-0.3, -0.25) is 4.67 Å². The average Bonchev–Trinajstić information content (AvgIpc) is 2.39. The molecule has 1 fully saturated rings. The molecule has 0 radical (unpaired) electrons. The van der Waals surface area contributed by atoms with E-state index in [-0.39, 0.29) is 12.5 Å². The van der Waals surface area contributed by atoms with Gasteiger partial charge < -0.3 is 10.2 Å². The first-order valence-electron chi connectivity index (χ1n) is 7.33. The Hall–Kier alpha value is -0.630. The Morgan fingerprint density at radius 3 is 2.30 bits per heavy atom. The Morgan fingerprint density at radius 1 is 1.25 bits per heavy atom. The molecular weight excluding hydrogens is 269 g/mol. The zero-order chi connectivity index (χ0) is 15.1.